The number of hydrogen-bond acceptors (Lipinski definition) is 3. The molecule has 0 saturated carbocycles. The summed E-state index contributed by atoms with van der Waals surface area (Å²) in [6.45, 7) is 3.78. The van der Waals surface area contributed by atoms with Gasteiger partial charge in [-0.2, -0.15) is 4.31 Å². The first-order valence-corrected chi connectivity index (χ1v) is 12.7. The van der Waals surface area contributed by atoms with E-state index in [4.69, 9.17) is 0 Å². The van der Waals surface area contributed by atoms with E-state index in [1.807, 2.05) is 62.4 Å². The first-order valence-electron chi connectivity index (χ1n) is 10.5. The van der Waals surface area contributed by atoms with Crippen molar-refractivity contribution >= 4 is 37.5 Å². The lowest BCUT2D eigenvalue weighted by Gasteiger charge is -2.27. The number of para-hydroxylation sites is 1. The maximum atomic E-state index is 13.5. The number of aryl methyl sites for hydroxylation is 1. The molecule has 1 aliphatic heterocycles. The number of carbonyl (C=O) groups is 1. The lowest BCUT2D eigenvalue weighted by Crippen LogP contribution is -2.44. The molecule has 1 amide bonds. The molecule has 0 radical (unpaired) electrons. The van der Waals surface area contributed by atoms with Crippen LogP contribution in [0.4, 0.5) is 5.69 Å². The summed E-state index contributed by atoms with van der Waals surface area (Å²) in [6, 6.07) is 22.0. The lowest BCUT2D eigenvalue weighted by atomic mass is 10.1. The molecule has 1 atom stereocenters. The van der Waals surface area contributed by atoms with Gasteiger partial charge in [0, 0.05) is 22.7 Å². The predicted molar refractivity (Wildman–Crippen MR) is 130 cm³/mol. The molecule has 3 aromatic rings. The summed E-state index contributed by atoms with van der Waals surface area (Å²) in [4.78, 5) is 15.3. The predicted octanol–water partition coefficient (Wildman–Crippen LogP) is 4.93. The molecule has 3 aromatic carbocycles. The van der Waals surface area contributed by atoms with Crippen molar-refractivity contribution < 1.29 is 13.2 Å². The Balaban J connectivity index is 1.67. The minimum atomic E-state index is -3.87. The fourth-order valence-electron chi connectivity index (χ4n) is 4.05. The van der Waals surface area contributed by atoms with E-state index in [0.29, 0.717) is 0 Å². The molecule has 0 bridgehead atoms. The highest BCUT2D eigenvalue weighted by Crippen LogP contribution is 2.32. The summed E-state index contributed by atoms with van der Waals surface area (Å²) in [7, 11) is -3.87. The van der Waals surface area contributed by atoms with Crippen molar-refractivity contribution in [2.45, 2.75) is 37.8 Å². The topological polar surface area (TPSA) is 57.7 Å². The molecular weight excluding hydrogens is 488 g/mol. The highest BCUT2D eigenvalue weighted by molar-refractivity contribution is 9.10. The zero-order valence-electron chi connectivity index (χ0n) is 18.0. The van der Waals surface area contributed by atoms with Crippen LogP contribution in [-0.4, -0.2) is 31.2 Å². The van der Waals surface area contributed by atoms with Crippen molar-refractivity contribution in [3.05, 3.63) is 94.0 Å². The van der Waals surface area contributed by atoms with Gasteiger partial charge in [0.25, 0.3) is 0 Å². The molecule has 0 aromatic heterocycles. The van der Waals surface area contributed by atoms with Crippen LogP contribution < -0.4 is 4.90 Å². The monoisotopic (exact) mass is 512 g/mol. The van der Waals surface area contributed by atoms with Gasteiger partial charge < -0.3 is 4.90 Å². The van der Waals surface area contributed by atoms with Crippen LogP contribution in [0.3, 0.4) is 0 Å². The maximum absolute atomic E-state index is 13.5. The van der Waals surface area contributed by atoms with Crippen LogP contribution in [0, 0.1) is 6.92 Å². The summed E-state index contributed by atoms with van der Waals surface area (Å²) < 4.78 is 29.3. The third-order valence-corrected chi connectivity index (χ3v) is 8.05. The number of benzene rings is 3. The van der Waals surface area contributed by atoms with Gasteiger partial charge in [-0.05, 0) is 61.7 Å². The van der Waals surface area contributed by atoms with E-state index in [9.17, 15) is 13.2 Å². The zero-order valence-corrected chi connectivity index (χ0v) is 20.4. The van der Waals surface area contributed by atoms with Gasteiger partial charge in [-0.3, -0.25) is 4.79 Å². The van der Waals surface area contributed by atoms with Crippen molar-refractivity contribution in [3.8, 4) is 0 Å². The molecule has 0 saturated heterocycles. The Hall–Kier alpha value is -2.48. The Bertz CT molecular complexity index is 1220. The average molecular weight is 513 g/mol. The summed E-state index contributed by atoms with van der Waals surface area (Å²) in [5.74, 6) is -0.227. The van der Waals surface area contributed by atoms with Gasteiger partial charge >= 0.3 is 0 Å². The summed E-state index contributed by atoms with van der Waals surface area (Å²) in [6.07, 6.45) is 0.763. The molecule has 4 rings (SSSR count). The second kappa shape index (κ2) is 9.17. The lowest BCUT2D eigenvalue weighted by molar-refractivity contribution is -0.119. The number of nitrogens with zero attached hydrogens (tertiary/aromatic N) is 2. The van der Waals surface area contributed by atoms with Crippen molar-refractivity contribution in [2.24, 2.45) is 0 Å². The van der Waals surface area contributed by atoms with Crippen LogP contribution in [0.1, 0.15) is 23.6 Å². The van der Waals surface area contributed by atoms with E-state index >= 15 is 0 Å². The fraction of sp³-hybridized carbons (Fsp3) is 0.240. The molecule has 7 heteroatoms. The third kappa shape index (κ3) is 4.65. The molecular formula is C25H25BrN2O3S. The highest BCUT2D eigenvalue weighted by Gasteiger charge is 2.34. The molecule has 166 valence electrons. The number of halogens is 1. The molecule has 0 unspecified atom stereocenters. The summed E-state index contributed by atoms with van der Waals surface area (Å²) >= 11 is 3.41. The quantitative estimate of drug-likeness (QED) is 0.470. The molecule has 5 nitrogen and oxygen atoms in total. The van der Waals surface area contributed by atoms with Gasteiger partial charge in [-0.15, -0.1) is 0 Å². The number of carbonyl (C=O) groups excluding carboxylic acids is 1. The largest absolute Gasteiger partial charge is 0.308 e. The highest BCUT2D eigenvalue weighted by atomic mass is 79.9. The Morgan fingerprint density at radius 3 is 2.38 bits per heavy atom. The molecule has 0 spiro atoms. The molecule has 0 N–H and O–H groups in total. The van der Waals surface area contributed by atoms with E-state index in [0.717, 1.165) is 33.3 Å². The number of anilines is 1. The molecule has 1 heterocycles. The second-order valence-electron chi connectivity index (χ2n) is 8.16. The van der Waals surface area contributed by atoms with Crippen molar-refractivity contribution in [1.29, 1.82) is 0 Å². The Morgan fingerprint density at radius 2 is 1.69 bits per heavy atom. The number of fused-ring (bicyclic) bond motifs is 1. The van der Waals surface area contributed by atoms with Crippen molar-refractivity contribution in [3.63, 3.8) is 0 Å². The van der Waals surface area contributed by atoms with Crippen LogP contribution in [0.15, 0.2) is 82.2 Å². The number of sulfonamides is 1. The standard InChI is InChI=1S/C25H25BrN2O3S/c1-18-7-13-23(14-8-18)32(30,31)27(16-20-9-11-22(26)12-10-20)17-25(29)28-19(2)15-21-5-3-4-6-24(21)28/h3-14,19H,15-17H2,1-2H3/t19-/m1/s1. The number of rotatable bonds is 6. The van der Waals surface area contributed by atoms with Crippen LogP contribution in [-0.2, 0) is 27.8 Å². The molecule has 1 aliphatic rings. The minimum absolute atomic E-state index is 0.0171. The SMILES string of the molecule is Cc1ccc(S(=O)(=O)N(CC(=O)N2c3ccccc3C[C@H]2C)Cc2ccc(Br)cc2)cc1. The Morgan fingerprint density at radius 1 is 1.03 bits per heavy atom. The molecule has 32 heavy (non-hydrogen) atoms. The molecule has 0 aliphatic carbocycles. The van der Waals surface area contributed by atoms with E-state index in [-0.39, 0.29) is 29.9 Å². The van der Waals surface area contributed by atoms with E-state index < -0.39 is 10.0 Å². The summed E-state index contributed by atoms with van der Waals surface area (Å²) in [5, 5.41) is 0. The smallest absolute Gasteiger partial charge is 0.243 e. The fourth-order valence-corrected chi connectivity index (χ4v) is 5.69. The van der Waals surface area contributed by atoms with Crippen LogP contribution in [0.25, 0.3) is 0 Å². The Labute approximate surface area is 197 Å². The van der Waals surface area contributed by atoms with Gasteiger partial charge in [-0.1, -0.05) is 64.0 Å². The van der Waals surface area contributed by atoms with Crippen LogP contribution >= 0.6 is 15.9 Å². The Kier molecular flexibility index (Phi) is 6.51. The van der Waals surface area contributed by atoms with Gasteiger partial charge in [-0.25, -0.2) is 8.42 Å². The number of hydrogen-bond donors (Lipinski definition) is 0. The first kappa shape index (κ1) is 22.7. The van der Waals surface area contributed by atoms with Crippen LogP contribution in [0.2, 0.25) is 0 Å². The number of amides is 1. The second-order valence-corrected chi connectivity index (χ2v) is 11.0. The van der Waals surface area contributed by atoms with E-state index in [1.54, 1.807) is 29.2 Å². The summed E-state index contributed by atoms with van der Waals surface area (Å²) in [5.41, 5.74) is 3.75. The van der Waals surface area contributed by atoms with Crippen LogP contribution in [0.5, 0.6) is 0 Å². The van der Waals surface area contributed by atoms with Gasteiger partial charge in [0.15, 0.2) is 0 Å². The molecule has 0 fully saturated rings. The minimum Gasteiger partial charge on any atom is -0.308 e. The third-order valence-electron chi connectivity index (χ3n) is 5.72. The van der Waals surface area contributed by atoms with Gasteiger partial charge in [0.05, 0.1) is 11.4 Å². The maximum Gasteiger partial charge on any atom is 0.243 e. The van der Waals surface area contributed by atoms with Gasteiger partial charge in [0.1, 0.15) is 0 Å². The normalized spacial score (nSPS) is 15.8. The average Bonchev–Trinajstić information content (AvgIpc) is 3.10. The van der Waals surface area contributed by atoms with E-state index in [2.05, 4.69) is 15.9 Å². The first-order chi connectivity index (χ1) is 15.3. The van der Waals surface area contributed by atoms with Gasteiger partial charge in [0.2, 0.25) is 15.9 Å². The zero-order chi connectivity index (χ0) is 22.9. The van der Waals surface area contributed by atoms with Crippen molar-refractivity contribution in [1.82, 2.24) is 4.31 Å². The van der Waals surface area contributed by atoms with E-state index in [1.165, 1.54) is 4.31 Å². The van der Waals surface area contributed by atoms with Crippen molar-refractivity contribution in [2.75, 3.05) is 11.4 Å².